The predicted octanol–water partition coefficient (Wildman–Crippen LogP) is 3.69. The molecule has 4 rings (SSSR count). The van der Waals surface area contributed by atoms with Gasteiger partial charge < -0.3 is 19.7 Å². The minimum absolute atomic E-state index is 0.253. The van der Waals surface area contributed by atoms with Crippen LogP contribution in [-0.4, -0.2) is 44.7 Å². The average molecular weight is 396 g/mol. The number of halogens is 1. The van der Waals surface area contributed by atoms with Gasteiger partial charge in [-0.3, -0.25) is 4.79 Å². The van der Waals surface area contributed by atoms with Crippen molar-refractivity contribution in [3.05, 3.63) is 64.5 Å². The van der Waals surface area contributed by atoms with Gasteiger partial charge in [-0.25, -0.2) is 4.39 Å². The van der Waals surface area contributed by atoms with Crippen molar-refractivity contribution in [2.75, 3.05) is 39.2 Å². The molecule has 2 aliphatic heterocycles. The fourth-order valence-electron chi connectivity index (χ4n) is 3.85. The Morgan fingerprint density at radius 2 is 2.03 bits per heavy atom. The van der Waals surface area contributed by atoms with Crippen molar-refractivity contribution >= 4 is 22.9 Å². The van der Waals surface area contributed by atoms with Crippen molar-refractivity contribution in [1.29, 1.82) is 0 Å². The van der Waals surface area contributed by atoms with Crippen molar-refractivity contribution in [3.63, 3.8) is 0 Å². The van der Waals surface area contributed by atoms with Gasteiger partial charge in [0.05, 0.1) is 12.2 Å². The van der Waals surface area contributed by atoms with Crippen LogP contribution in [0.4, 0.5) is 10.1 Å². The Bertz CT molecular complexity index is 971. The van der Waals surface area contributed by atoms with Gasteiger partial charge in [0.15, 0.2) is 0 Å². The lowest BCUT2D eigenvalue weighted by Crippen LogP contribution is -2.24. The number of nitrogens with one attached hydrogen (secondary N) is 1. The summed E-state index contributed by atoms with van der Waals surface area (Å²) in [4.78, 5) is 14.8. The van der Waals surface area contributed by atoms with E-state index in [1.165, 1.54) is 17.7 Å². The van der Waals surface area contributed by atoms with Gasteiger partial charge in [0.25, 0.3) is 5.91 Å². The molecule has 0 unspecified atom stereocenters. The summed E-state index contributed by atoms with van der Waals surface area (Å²) in [7, 11) is 3.82. The number of benzene rings is 2. The highest BCUT2D eigenvalue weighted by atomic mass is 19.1. The number of hydrogen-bond donors (Lipinski definition) is 1. The smallest absolute Gasteiger partial charge is 0.260 e. The molecule has 0 aromatic heterocycles. The zero-order chi connectivity index (χ0) is 20.4. The Balaban J connectivity index is 1.52. The number of amides is 1. The molecule has 0 radical (unpaired) electrons. The van der Waals surface area contributed by atoms with Crippen LogP contribution in [0, 0.1) is 5.82 Å². The Hall–Kier alpha value is -2.70. The Kier molecular flexibility index (Phi) is 5.65. The lowest BCUT2D eigenvalue weighted by atomic mass is 9.98. The third kappa shape index (κ3) is 4.04. The van der Waals surface area contributed by atoms with Gasteiger partial charge in [0, 0.05) is 36.0 Å². The topological polar surface area (TPSA) is 50.8 Å². The number of aryl methyl sites for hydroxylation is 1. The van der Waals surface area contributed by atoms with E-state index in [0.29, 0.717) is 29.2 Å². The number of carbonyl (C=O) groups is 1. The number of methoxy groups -OCH3 is 1. The molecule has 2 aliphatic rings. The molecule has 0 spiro atoms. The van der Waals surface area contributed by atoms with Gasteiger partial charge in [-0.2, -0.15) is 0 Å². The van der Waals surface area contributed by atoms with E-state index in [-0.39, 0.29) is 11.7 Å². The molecule has 2 aromatic carbocycles. The van der Waals surface area contributed by atoms with E-state index in [9.17, 15) is 9.18 Å². The van der Waals surface area contributed by atoms with Crippen LogP contribution in [0.25, 0.3) is 11.3 Å². The van der Waals surface area contributed by atoms with Gasteiger partial charge in [0.2, 0.25) is 0 Å². The standard InChI is InChI=1S/C23H25FN2O3/c1-26(10-11-28-2)9-3-4-15-5-7-18-16(12-15)14-29-22(18)21-19-13-17(24)6-8-20(19)25-23(21)27/h5-8,12-13H,3-4,9-11,14H2,1-2H3,(H,25,27)/b22-21+. The van der Waals surface area contributed by atoms with Crippen LogP contribution in [0.15, 0.2) is 36.4 Å². The maximum Gasteiger partial charge on any atom is 0.260 e. The zero-order valence-corrected chi connectivity index (χ0v) is 16.8. The summed E-state index contributed by atoms with van der Waals surface area (Å²) in [6.07, 6.45) is 2.04. The maximum absolute atomic E-state index is 13.7. The van der Waals surface area contributed by atoms with E-state index in [0.717, 1.165) is 43.7 Å². The molecule has 2 heterocycles. The number of likely N-dealkylation sites (N-methyl/N-ethyl adjacent to an activating group) is 1. The largest absolute Gasteiger partial charge is 0.487 e. The minimum atomic E-state index is -0.373. The summed E-state index contributed by atoms with van der Waals surface area (Å²) in [5.74, 6) is -0.0910. The first-order chi connectivity index (χ1) is 14.1. The summed E-state index contributed by atoms with van der Waals surface area (Å²) in [6, 6.07) is 10.6. The molecule has 0 aliphatic carbocycles. The van der Waals surface area contributed by atoms with Crippen LogP contribution in [0.2, 0.25) is 0 Å². The molecule has 6 heteroatoms. The number of carbonyl (C=O) groups excluding carboxylic acids is 1. The SMILES string of the molecule is COCCN(C)CCCc1ccc2c(c1)CO/C2=C1/C(=O)Nc2ccc(F)cc21. The average Bonchev–Trinajstić information content (AvgIpc) is 3.25. The highest BCUT2D eigenvalue weighted by Gasteiger charge is 2.32. The van der Waals surface area contributed by atoms with Gasteiger partial charge in [-0.05, 0) is 50.2 Å². The van der Waals surface area contributed by atoms with Crippen LogP contribution >= 0.6 is 0 Å². The van der Waals surface area contributed by atoms with Crippen LogP contribution < -0.4 is 5.32 Å². The first-order valence-corrected chi connectivity index (χ1v) is 9.85. The van der Waals surface area contributed by atoms with E-state index >= 15 is 0 Å². The Morgan fingerprint density at radius 1 is 1.17 bits per heavy atom. The number of anilines is 1. The second-order valence-electron chi connectivity index (χ2n) is 7.53. The quantitative estimate of drug-likeness (QED) is 0.726. The zero-order valence-electron chi connectivity index (χ0n) is 16.8. The molecule has 1 N–H and O–H groups in total. The fraction of sp³-hybridized carbons (Fsp3) is 0.348. The molecule has 1 amide bonds. The number of hydrogen-bond acceptors (Lipinski definition) is 4. The lowest BCUT2D eigenvalue weighted by Gasteiger charge is -2.15. The van der Waals surface area contributed by atoms with Gasteiger partial charge in [-0.1, -0.05) is 18.2 Å². The van der Waals surface area contributed by atoms with Crippen molar-refractivity contribution in [2.24, 2.45) is 0 Å². The maximum atomic E-state index is 13.7. The van der Waals surface area contributed by atoms with Crippen LogP contribution in [0.5, 0.6) is 0 Å². The molecule has 0 saturated heterocycles. The third-order valence-corrected chi connectivity index (χ3v) is 5.42. The van der Waals surface area contributed by atoms with Crippen molar-refractivity contribution in [1.82, 2.24) is 4.90 Å². The van der Waals surface area contributed by atoms with E-state index in [1.54, 1.807) is 13.2 Å². The highest BCUT2D eigenvalue weighted by molar-refractivity contribution is 6.36. The molecule has 0 atom stereocenters. The van der Waals surface area contributed by atoms with Crippen LogP contribution in [0.1, 0.15) is 28.7 Å². The number of nitrogens with zero attached hydrogens (tertiary/aromatic N) is 1. The fourth-order valence-corrected chi connectivity index (χ4v) is 3.85. The molecular formula is C23H25FN2O3. The second kappa shape index (κ2) is 8.35. The Morgan fingerprint density at radius 3 is 2.86 bits per heavy atom. The van der Waals surface area contributed by atoms with Crippen LogP contribution in [-0.2, 0) is 27.3 Å². The number of fused-ring (bicyclic) bond motifs is 2. The minimum Gasteiger partial charge on any atom is -0.487 e. The van der Waals surface area contributed by atoms with Crippen LogP contribution in [0.3, 0.4) is 0 Å². The van der Waals surface area contributed by atoms with Crippen molar-refractivity contribution in [2.45, 2.75) is 19.4 Å². The molecule has 0 fully saturated rings. The second-order valence-corrected chi connectivity index (χ2v) is 7.53. The molecule has 0 saturated carbocycles. The summed E-state index contributed by atoms with van der Waals surface area (Å²) in [5, 5.41) is 2.79. The van der Waals surface area contributed by atoms with Crippen molar-refractivity contribution < 1.29 is 18.7 Å². The molecule has 5 nitrogen and oxygen atoms in total. The summed E-state index contributed by atoms with van der Waals surface area (Å²) in [6.45, 7) is 3.10. The number of ether oxygens (including phenoxy) is 2. The van der Waals surface area contributed by atoms with Gasteiger partial charge in [0.1, 0.15) is 18.2 Å². The van der Waals surface area contributed by atoms with Gasteiger partial charge >= 0.3 is 0 Å². The molecule has 152 valence electrons. The summed E-state index contributed by atoms with van der Waals surface area (Å²) >= 11 is 0. The van der Waals surface area contributed by atoms with E-state index in [1.807, 2.05) is 6.07 Å². The van der Waals surface area contributed by atoms with Gasteiger partial charge in [-0.15, -0.1) is 0 Å². The molecule has 29 heavy (non-hydrogen) atoms. The first kappa shape index (κ1) is 19.6. The summed E-state index contributed by atoms with van der Waals surface area (Å²) < 4.78 is 24.7. The lowest BCUT2D eigenvalue weighted by molar-refractivity contribution is -0.110. The molecule has 0 bridgehead atoms. The normalized spacial score (nSPS) is 17.3. The highest BCUT2D eigenvalue weighted by Crippen LogP contribution is 2.41. The monoisotopic (exact) mass is 396 g/mol. The van der Waals surface area contributed by atoms with E-state index in [4.69, 9.17) is 9.47 Å². The number of rotatable bonds is 7. The van der Waals surface area contributed by atoms with E-state index in [2.05, 4.69) is 29.4 Å². The van der Waals surface area contributed by atoms with Crippen molar-refractivity contribution in [3.8, 4) is 0 Å². The molecule has 2 aromatic rings. The Labute approximate surface area is 170 Å². The predicted molar refractivity (Wildman–Crippen MR) is 111 cm³/mol. The molecular weight excluding hydrogens is 371 g/mol. The van der Waals surface area contributed by atoms with E-state index < -0.39 is 0 Å². The first-order valence-electron chi connectivity index (χ1n) is 9.85. The summed E-state index contributed by atoms with van der Waals surface area (Å²) in [5.41, 5.74) is 4.81. The third-order valence-electron chi connectivity index (χ3n) is 5.42.